The van der Waals surface area contributed by atoms with Gasteiger partial charge >= 0.3 is 0 Å². The minimum Gasteiger partial charge on any atom is -0.507 e. The molecule has 0 aliphatic carbocycles. The highest BCUT2D eigenvalue weighted by Crippen LogP contribution is 2.40. The summed E-state index contributed by atoms with van der Waals surface area (Å²) >= 11 is 0. The standard InChI is InChI=1S/C31H40N2O2/c1-19-15-22(10-12-26(19)32)23-11-13-27(20(2)16-23)33-28(34)14-9-21-17-24(30(3,4)5)29(35)25(18-21)31(6,7)8/h10-13,15-18,35H,9,14,32H2,1-8H3,(H,33,34). The van der Waals surface area contributed by atoms with E-state index in [1.54, 1.807) is 0 Å². The Bertz CT molecular complexity index is 1210. The van der Waals surface area contributed by atoms with E-state index in [1.165, 1.54) is 0 Å². The fourth-order valence-electron chi connectivity index (χ4n) is 4.29. The van der Waals surface area contributed by atoms with Crippen LogP contribution in [0.4, 0.5) is 11.4 Å². The van der Waals surface area contributed by atoms with Crippen molar-refractivity contribution in [3.05, 3.63) is 76.3 Å². The highest BCUT2D eigenvalue weighted by atomic mass is 16.3. The second kappa shape index (κ2) is 9.77. The van der Waals surface area contributed by atoms with Crippen molar-refractivity contribution >= 4 is 17.3 Å². The molecular formula is C31H40N2O2. The Kier molecular flexibility index (Phi) is 7.35. The Labute approximate surface area is 210 Å². The van der Waals surface area contributed by atoms with E-state index < -0.39 is 0 Å². The lowest BCUT2D eigenvalue weighted by Gasteiger charge is -2.28. The van der Waals surface area contributed by atoms with E-state index in [9.17, 15) is 9.90 Å². The van der Waals surface area contributed by atoms with Crippen LogP contribution in [-0.4, -0.2) is 11.0 Å². The summed E-state index contributed by atoms with van der Waals surface area (Å²) in [4.78, 5) is 12.8. The summed E-state index contributed by atoms with van der Waals surface area (Å²) in [6.45, 7) is 16.6. The number of aromatic hydroxyl groups is 1. The van der Waals surface area contributed by atoms with Crippen LogP contribution in [0.5, 0.6) is 5.75 Å². The van der Waals surface area contributed by atoms with Gasteiger partial charge in [-0.25, -0.2) is 0 Å². The lowest BCUT2D eigenvalue weighted by molar-refractivity contribution is -0.116. The lowest BCUT2D eigenvalue weighted by Crippen LogP contribution is -2.18. The first-order valence-corrected chi connectivity index (χ1v) is 12.3. The maximum absolute atomic E-state index is 12.8. The molecule has 1 amide bonds. The van der Waals surface area contributed by atoms with Crippen LogP contribution in [0.1, 0.15) is 75.8 Å². The molecule has 0 bridgehead atoms. The van der Waals surface area contributed by atoms with Gasteiger partial charge in [0.1, 0.15) is 5.75 Å². The van der Waals surface area contributed by atoms with Crippen LogP contribution in [0.2, 0.25) is 0 Å². The molecule has 0 atom stereocenters. The predicted octanol–water partition coefficient (Wildman–Crippen LogP) is 7.42. The molecule has 0 radical (unpaired) electrons. The van der Waals surface area contributed by atoms with Crippen LogP contribution in [0.15, 0.2) is 48.5 Å². The number of anilines is 2. The highest BCUT2D eigenvalue weighted by molar-refractivity contribution is 5.92. The van der Waals surface area contributed by atoms with Crippen LogP contribution in [0.25, 0.3) is 11.1 Å². The SMILES string of the molecule is Cc1cc(-c2ccc(NC(=O)CCc3cc(C(C)(C)C)c(O)c(C(C)(C)C)c3)c(C)c2)ccc1N. The average Bonchev–Trinajstić information content (AvgIpc) is 2.74. The minimum absolute atomic E-state index is 0.0214. The molecule has 3 aromatic rings. The predicted molar refractivity (Wildman–Crippen MR) is 148 cm³/mol. The van der Waals surface area contributed by atoms with Crippen molar-refractivity contribution in [2.75, 3.05) is 11.1 Å². The molecule has 3 aromatic carbocycles. The van der Waals surface area contributed by atoms with Gasteiger partial charge in [0.15, 0.2) is 0 Å². The van der Waals surface area contributed by atoms with Crippen LogP contribution in [-0.2, 0) is 22.0 Å². The van der Waals surface area contributed by atoms with Crippen molar-refractivity contribution < 1.29 is 9.90 Å². The van der Waals surface area contributed by atoms with Crippen LogP contribution < -0.4 is 11.1 Å². The molecule has 0 aliphatic rings. The van der Waals surface area contributed by atoms with E-state index in [1.807, 2.05) is 50.2 Å². The summed E-state index contributed by atoms with van der Waals surface area (Å²) in [5.41, 5.74) is 14.4. The number of benzene rings is 3. The topological polar surface area (TPSA) is 75.3 Å². The number of carbonyl (C=O) groups is 1. The molecule has 186 valence electrons. The van der Waals surface area contributed by atoms with Crippen molar-refractivity contribution in [2.24, 2.45) is 0 Å². The number of hydrogen-bond acceptors (Lipinski definition) is 3. The summed E-state index contributed by atoms with van der Waals surface area (Å²) in [6, 6.07) is 16.2. The number of rotatable bonds is 5. The fraction of sp³-hybridized carbons (Fsp3) is 0.387. The third-order valence-electron chi connectivity index (χ3n) is 6.53. The smallest absolute Gasteiger partial charge is 0.224 e. The monoisotopic (exact) mass is 472 g/mol. The van der Waals surface area contributed by atoms with Gasteiger partial charge in [-0.2, -0.15) is 0 Å². The summed E-state index contributed by atoms with van der Waals surface area (Å²) < 4.78 is 0. The van der Waals surface area contributed by atoms with E-state index in [2.05, 4.69) is 59.0 Å². The van der Waals surface area contributed by atoms with Crippen molar-refractivity contribution in [3.63, 3.8) is 0 Å². The number of amides is 1. The molecule has 0 saturated heterocycles. The number of hydrogen-bond donors (Lipinski definition) is 3. The molecule has 4 N–H and O–H groups in total. The van der Waals surface area contributed by atoms with E-state index in [-0.39, 0.29) is 16.7 Å². The van der Waals surface area contributed by atoms with Gasteiger partial charge in [-0.1, -0.05) is 65.8 Å². The number of nitrogens with two attached hydrogens (primary N) is 1. The normalized spacial score (nSPS) is 12.0. The van der Waals surface area contributed by atoms with Gasteiger partial charge in [0.25, 0.3) is 0 Å². The van der Waals surface area contributed by atoms with Gasteiger partial charge in [0.2, 0.25) is 5.91 Å². The zero-order chi connectivity index (χ0) is 26.1. The Morgan fingerprint density at radius 2 is 1.34 bits per heavy atom. The largest absolute Gasteiger partial charge is 0.507 e. The number of phenolic OH excluding ortho intramolecular Hbond substituents is 1. The van der Waals surface area contributed by atoms with E-state index in [4.69, 9.17) is 5.73 Å². The van der Waals surface area contributed by atoms with Crippen LogP contribution >= 0.6 is 0 Å². The molecule has 0 saturated carbocycles. The molecule has 0 unspecified atom stereocenters. The number of phenols is 1. The van der Waals surface area contributed by atoms with E-state index >= 15 is 0 Å². The molecule has 0 heterocycles. The summed E-state index contributed by atoms with van der Waals surface area (Å²) in [6.07, 6.45) is 0.983. The first kappa shape index (κ1) is 26.3. The number of nitrogen functional groups attached to an aromatic ring is 1. The van der Waals surface area contributed by atoms with Crippen molar-refractivity contribution in [1.29, 1.82) is 0 Å². The Hall–Kier alpha value is -3.27. The second-order valence-corrected chi connectivity index (χ2v) is 11.7. The van der Waals surface area contributed by atoms with Crippen LogP contribution in [0, 0.1) is 13.8 Å². The molecule has 4 nitrogen and oxygen atoms in total. The molecule has 0 fully saturated rings. The van der Waals surface area contributed by atoms with Crippen LogP contribution in [0.3, 0.4) is 0 Å². The second-order valence-electron chi connectivity index (χ2n) is 11.7. The number of nitrogens with one attached hydrogen (secondary N) is 1. The molecular weight excluding hydrogens is 432 g/mol. The molecule has 35 heavy (non-hydrogen) atoms. The Balaban J connectivity index is 1.75. The van der Waals surface area contributed by atoms with E-state index in [0.717, 1.165) is 50.3 Å². The zero-order valence-electron chi connectivity index (χ0n) is 22.5. The first-order chi connectivity index (χ1) is 16.2. The van der Waals surface area contributed by atoms with E-state index in [0.29, 0.717) is 18.6 Å². The summed E-state index contributed by atoms with van der Waals surface area (Å²) in [5.74, 6) is 0.345. The molecule has 0 aliphatic heterocycles. The molecule has 0 aromatic heterocycles. The third kappa shape index (κ3) is 6.25. The van der Waals surface area contributed by atoms with Gasteiger partial charge in [-0.15, -0.1) is 0 Å². The molecule has 0 spiro atoms. The van der Waals surface area contributed by atoms with Gasteiger partial charge < -0.3 is 16.2 Å². The Morgan fingerprint density at radius 3 is 1.83 bits per heavy atom. The van der Waals surface area contributed by atoms with Gasteiger partial charge in [0.05, 0.1) is 0 Å². The zero-order valence-corrected chi connectivity index (χ0v) is 22.5. The number of aryl methyl sites for hydroxylation is 3. The Morgan fingerprint density at radius 1 is 0.829 bits per heavy atom. The van der Waals surface area contributed by atoms with Crippen molar-refractivity contribution in [3.8, 4) is 16.9 Å². The summed E-state index contributed by atoms with van der Waals surface area (Å²) in [7, 11) is 0. The average molecular weight is 473 g/mol. The summed E-state index contributed by atoms with van der Waals surface area (Å²) in [5, 5.41) is 14.0. The lowest BCUT2D eigenvalue weighted by atomic mass is 9.78. The molecule has 4 heteroatoms. The van der Waals surface area contributed by atoms with Gasteiger partial charge in [0, 0.05) is 17.8 Å². The number of carbonyl (C=O) groups excluding carboxylic acids is 1. The minimum atomic E-state index is -0.190. The van der Waals surface area contributed by atoms with Crippen molar-refractivity contribution in [1.82, 2.24) is 0 Å². The maximum Gasteiger partial charge on any atom is 0.224 e. The molecule has 3 rings (SSSR count). The van der Waals surface area contributed by atoms with Crippen molar-refractivity contribution in [2.45, 2.75) is 79.1 Å². The fourth-order valence-corrected chi connectivity index (χ4v) is 4.29. The highest BCUT2D eigenvalue weighted by Gasteiger charge is 2.26. The quantitative estimate of drug-likeness (QED) is 0.338. The third-order valence-corrected chi connectivity index (χ3v) is 6.53. The van der Waals surface area contributed by atoms with Gasteiger partial charge in [-0.05, 0) is 94.3 Å². The first-order valence-electron chi connectivity index (χ1n) is 12.3. The van der Waals surface area contributed by atoms with Gasteiger partial charge in [-0.3, -0.25) is 4.79 Å². The maximum atomic E-state index is 12.8.